The van der Waals surface area contributed by atoms with Gasteiger partial charge >= 0.3 is 8.24 Å². The molecule has 44 heavy (non-hydrogen) atoms. The normalized spacial score (nSPS) is 15.9. The standard InChI is InChI=1S/C38H34NO4P/c1-37(2,3)31-22-40-36(39-31)38(4,5)43-44-41-34-29-20-12-8-16-25(29)23-14-6-10-18-27(23)32(34)33-28-19-11-7-15-24(28)26-17-9-13-21-30(26)35(33)42-44/h6-21,31H,22H2,1-5H3/t31-/m1/s1. The van der Waals surface area contributed by atoms with Gasteiger partial charge in [0, 0.05) is 21.5 Å². The number of nitrogens with zero attached hydrogens (tertiary/aromatic N) is 1. The molecule has 1 aliphatic rings. The van der Waals surface area contributed by atoms with E-state index in [0.717, 1.165) is 54.3 Å². The average molecular weight is 600 g/mol. The predicted molar refractivity (Wildman–Crippen MR) is 184 cm³/mol. The van der Waals surface area contributed by atoms with Gasteiger partial charge in [0.25, 0.3) is 0 Å². The van der Waals surface area contributed by atoms with E-state index < -0.39 is 13.8 Å². The van der Waals surface area contributed by atoms with E-state index in [2.05, 4.69) is 118 Å². The van der Waals surface area contributed by atoms with E-state index in [4.69, 9.17) is 22.6 Å². The summed E-state index contributed by atoms with van der Waals surface area (Å²) in [6.45, 7) is 11.0. The van der Waals surface area contributed by atoms with Crippen LogP contribution in [0.1, 0.15) is 34.6 Å². The van der Waals surface area contributed by atoms with Gasteiger partial charge in [-0.25, -0.2) is 4.99 Å². The van der Waals surface area contributed by atoms with Gasteiger partial charge in [-0.15, -0.1) is 0 Å². The minimum atomic E-state index is -1.94. The summed E-state index contributed by atoms with van der Waals surface area (Å²) in [5.41, 5.74) is 0.635. The molecule has 0 saturated heterocycles. The lowest BCUT2D eigenvalue weighted by Crippen LogP contribution is -2.37. The first-order valence-corrected chi connectivity index (χ1v) is 16.2. The molecule has 0 spiro atoms. The number of benzene rings is 6. The maximum atomic E-state index is 6.96. The van der Waals surface area contributed by atoms with Crippen molar-refractivity contribution in [2.45, 2.75) is 46.3 Å². The molecule has 0 amide bonds. The summed E-state index contributed by atoms with van der Waals surface area (Å²) in [5, 5.41) is 10.9. The molecule has 1 atom stereocenters. The molecular formula is C38H34NO4P. The molecule has 0 saturated carbocycles. The highest BCUT2D eigenvalue weighted by molar-refractivity contribution is 7.32. The van der Waals surface area contributed by atoms with Crippen molar-refractivity contribution in [3.8, 4) is 0 Å². The maximum absolute atomic E-state index is 6.96. The van der Waals surface area contributed by atoms with Crippen molar-refractivity contribution in [3.05, 3.63) is 97.1 Å². The van der Waals surface area contributed by atoms with Crippen molar-refractivity contribution in [2.24, 2.45) is 10.4 Å². The van der Waals surface area contributed by atoms with Crippen LogP contribution in [0.3, 0.4) is 0 Å². The van der Waals surface area contributed by atoms with Gasteiger partial charge in [0.1, 0.15) is 6.61 Å². The highest BCUT2D eigenvalue weighted by Gasteiger charge is 2.39. The van der Waals surface area contributed by atoms with E-state index in [1.807, 2.05) is 13.8 Å². The van der Waals surface area contributed by atoms with Crippen LogP contribution in [0, 0.1) is 5.41 Å². The highest BCUT2D eigenvalue weighted by atomic mass is 31.1. The molecule has 7 aromatic rings. The zero-order valence-electron chi connectivity index (χ0n) is 25.5. The first-order valence-electron chi connectivity index (χ1n) is 15.1. The summed E-state index contributed by atoms with van der Waals surface area (Å²) in [6, 6.07) is 34.0. The van der Waals surface area contributed by atoms with Crippen LogP contribution in [-0.2, 0) is 4.74 Å². The fourth-order valence-electron chi connectivity index (χ4n) is 6.48. The monoisotopic (exact) mass is 599 g/mol. The smallest absolute Gasteiger partial charge is 0.388 e. The van der Waals surface area contributed by atoms with Gasteiger partial charge in [-0.3, -0.25) is 4.52 Å². The van der Waals surface area contributed by atoms with Gasteiger partial charge in [0.15, 0.2) is 16.8 Å². The first kappa shape index (κ1) is 27.3. The van der Waals surface area contributed by atoms with Crippen molar-refractivity contribution in [1.82, 2.24) is 0 Å². The van der Waals surface area contributed by atoms with Gasteiger partial charge in [0.2, 0.25) is 5.90 Å². The van der Waals surface area contributed by atoms with Crippen LogP contribution in [0.15, 0.2) is 110 Å². The number of hydrogen-bond donors (Lipinski definition) is 0. The molecule has 5 nitrogen and oxygen atoms in total. The van der Waals surface area contributed by atoms with Crippen LogP contribution in [-0.4, -0.2) is 24.1 Å². The third-order valence-corrected chi connectivity index (χ3v) is 10.1. The molecule has 6 heteroatoms. The zero-order chi connectivity index (χ0) is 30.2. The zero-order valence-corrected chi connectivity index (χ0v) is 26.4. The van der Waals surface area contributed by atoms with Gasteiger partial charge in [0.05, 0.1) is 6.04 Å². The number of hydrogen-bond acceptors (Lipinski definition) is 5. The lowest BCUT2D eigenvalue weighted by atomic mass is 9.88. The second kappa shape index (κ2) is 9.85. The van der Waals surface area contributed by atoms with E-state index in [-0.39, 0.29) is 11.5 Å². The Morgan fingerprint density at radius 1 is 0.591 bits per heavy atom. The van der Waals surface area contributed by atoms with Crippen molar-refractivity contribution in [2.75, 3.05) is 6.61 Å². The van der Waals surface area contributed by atoms with E-state index >= 15 is 0 Å². The Kier molecular flexibility index (Phi) is 6.10. The third kappa shape index (κ3) is 4.22. The molecule has 0 unspecified atom stereocenters. The van der Waals surface area contributed by atoms with E-state index in [1.54, 1.807) is 0 Å². The molecular weight excluding hydrogens is 565 g/mol. The molecule has 1 aromatic heterocycles. The number of ether oxygens (including phenoxy) is 1. The second-order valence-electron chi connectivity index (χ2n) is 13.2. The van der Waals surface area contributed by atoms with Crippen molar-refractivity contribution in [3.63, 3.8) is 0 Å². The predicted octanol–water partition coefficient (Wildman–Crippen LogP) is 11.0. The Labute approximate surface area is 256 Å². The van der Waals surface area contributed by atoms with Crippen LogP contribution in [0.25, 0.3) is 65.0 Å². The summed E-state index contributed by atoms with van der Waals surface area (Å²) in [7, 11) is -1.94. The first-order chi connectivity index (χ1) is 21.2. The largest absolute Gasteiger partial charge is 0.477 e. The quantitative estimate of drug-likeness (QED) is 0.190. The van der Waals surface area contributed by atoms with Gasteiger partial charge in [-0.1, -0.05) is 118 Å². The van der Waals surface area contributed by atoms with E-state index in [9.17, 15) is 0 Å². The van der Waals surface area contributed by atoms with E-state index in [1.165, 1.54) is 10.8 Å². The fraction of sp³-hybridized carbons (Fsp3) is 0.237. The summed E-state index contributed by atoms with van der Waals surface area (Å²) in [4.78, 5) is 4.96. The number of fused-ring (bicyclic) bond motifs is 13. The summed E-state index contributed by atoms with van der Waals surface area (Å²) in [5.74, 6) is 0.573. The van der Waals surface area contributed by atoms with Gasteiger partial charge in [-0.2, -0.15) is 0 Å². The minimum absolute atomic E-state index is 0.0176. The second-order valence-corrected chi connectivity index (χ2v) is 14.2. The van der Waals surface area contributed by atoms with Crippen molar-refractivity contribution >= 4 is 79.2 Å². The maximum Gasteiger partial charge on any atom is 0.388 e. The van der Waals surface area contributed by atoms with Crippen LogP contribution in [0.4, 0.5) is 0 Å². The highest BCUT2D eigenvalue weighted by Crippen LogP contribution is 2.47. The summed E-state index contributed by atoms with van der Waals surface area (Å²) < 4.78 is 26.9. The third-order valence-electron chi connectivity index (χ3n) is 8.82. The topological polar surface area (TPSA) is 57.1 Å². The molecule has 2 heterocycles. The molecule has 0 bridgehead atoms. The van der Waals surface area contributed by atoms with E-state index in [0.29, 0.717) is 12.5 Å². The Bertz CT molecular complexity index is 2210. The molecule has 220 valence electrons. The van der Waals surface area contributed by atoms with Crippen LogP contribution in [0.5, 0.6) is 0 Å². The molecule has 1 aliphatic heterocycles. The average Bonchev–Trinajstić information content (AvgIpc) is 3.48. The van der Waals surface area contributed by atoms with Gasteiger partial charge < -0.3 is 13.1 Å². The summed E-state index contributed by atoms with van der Waals surface area (Å²) >= 11 is 0. The minimum Gasteiger partial charge on any atom is -0.477 e. The van der Waals surface area contributed by atoms with Crippen molar-refractivity contribution < 1.29 is 17.7 Å². The number of aliphatic imine (C=N–C) groups is 1. The molecule has 0 fully saturated rings. The molecule has 0 aliphatic carbocycles. The fourth-order valence-corrected chi connectivity index (χ4v) is 7.72. The molecule has 6 aromatic carbocycles. The SMILES string of the molecule is CC(C)(Op1oc2c3ccccc3c3ccccc3c2c2c3ccccc3c3ccccc3c2o1)C1=N[C@@H](C(C)(C)C)CO1. The summed E-state index contributed by atoms with van der Waals surface area (Å²) in [6.07, 6.45) is 0. The number of rotatable bonds is 3. The lowest BCUT2D eigenvalue weighted by molar-refractivity contribution is 0.177. The Morgan fingerprint density at radius 3 is 1.39 bits per heavy atom. The van der Waals surface area contributed by atoms with Crippen LogP contribution >= 0.6 is 8.24 Å². The lowest BCUT2D eigenvalue weighted by Gasteiger charge is -2.22. The molecule has 8 rings (SSSR count). The molecule has 0 radical (unpaired) electrons. The Hall–Kier alpha value is -4.31. The Balaban J connectivity index is 1.55. The van der Waals surface area contributed by atoms with Crippen LogP contribution in [0.2, 0.25) is 0 Å². The van der Waals surface area contributed by atoms with Gasteiger partial charge in [-0.05, 0) is 51.6 Å². The van der Waals surface area contributed by atoms with Crippen molar-refractivity contribution in [1.29, 1.82) is 0 Å². The molecule has 0 N–H and O–H groups in total. The van der Waals surface area contributed by atoms with Crippen LogP contribution < -0.4 is 4.52 Å². The Morgan fingerprint density at radius 2 is 0.977 bits per heavy atom.